The van der Waals surface area contributed by atoms with Crippen molar-refractivity contribution in [1.82, 2.24) is 0 Å². The first kappa shape index (κ1) is 18.1. The summed E-state index contributed by atoms with van der Waals surface area (Å²) in [6.45, 7) is 0.962. The van der Waals surface area contributed by atoms with Crippen molar-refractivity contribution in [3.63, 3.8) is 0 Å². The number of hydrogen-bond acceptors (Lipinski definition) is 6. The molecule has 0 radical (unpaired) electrons. The maximum absolute atomic E-state index is 10.2. The fraction of sp³-hybridized carbons (Fsp3) is 0.318. The molecule has 1 aliphatic carbocycles. The van der Waals surface area contributed by atoms with Gasteiger partial charge in [0.15, 0.2) is 10.8 Å². The van der Waals surface area contributed by atoms with Gasteiger partial charge in [0.1, 0.15) is 12.4 Å². The lowest BCUT2D eigenvalue weighted by Gasteiger charge is -2.23. The van der Waals surface area contributed by atoms with Crippen LogP contribution in [0.15, 0.2) is 54.6 Å². The Bertz CT molecular complexity index is 1080. The van der Waals surface area contributed by atoms with Crippen molar-refractivity contribution in [3.05, 3.63) is 65.7 Å². The molecule has 4 atom stereocenters. The van der Waals surface area contributed by atoms with E-state index in [1.807, 2.05) is 54.6 Å². The molecule has 0 aromatic heterocycles. The third-order valence-electron chi connectivity index (χ3n) is 6.13. The summed E-state index contributed by atoms with van der Waals surface area (Å²) in [5.74, 6) is 1.38. The first-order valence-electron chi connectivity index (χ1n) is 9.42. The van der Waals surface area contributed by atoms with Crippen LogP contribution in [0.5, 0.6) is 5.75 Å². The van der Waals surface area contributed by atoms with Gasteiger partial charge in [0.25, 0.3) is 10.9 Å². The molecule has 144 valence electrons. The summed E-state index contributed by atoms with van der Waals surface area (Å²) in [7, 11) is 0. The first-order valence-corrected chi connectivity index (χ1v) is 10.4. The van der Waals surface area contributed by atoms with Gasteiger partial charge >= 0.3 is 0 Å². The molecule has 2 aliphatic heterocycles. The number of thioether (sulfide) groups is 1. The molecule has 29 heavy (non-hydrogen) atoms. The zero-order chi connectivity index (χ0) is 20.1. The Hall–Kier alpha value is -3.00. The fourth-order valence-electron chi connectivity index (χ4n) is 4.84. The number of hydrogen-bond donors (Lipinski definition) is 2. The van der Waals surface area contributed by atoms with E-state index in [1.165, 1.54) is 11.8 Å². The maximum Gasteiger partial charge on any atom is 0.277 e. The molecule has 2 heterocycles. The van der Waals surface area contributed by atoms with Gasteiger partial charge in [-0.2, -0.15) is 10.5 Å². The van der Waals surface area contributed by atoms with Crippen LogP contribution >= 0.6 is 11.8 Å². The predicted molar refractivity (Wildman–Crippen MR) is 107 cm³/mol. The molecule has 6 nitrogen and oxygen atoms in total. The highest BCUT2D eigenvalue weighted by molar-refractivity contribution is 8.00. The number of nitriles is 2. The van der Waals surface area contributed by atoms with E-state index in [0.29, 0.717) is 24.8 Å². The van der Waals surface area contributed by atoms with Crippen LogP contribution in [0, 0.1) is 33.5 Å². The number of nitrogens with one attached hydrogen (secondary N) is 1. The van der Waals surface area contributed by atoms with Crippen molar-refractivity contribution >= 4 is 17.6 Å². The van der Waals surface area contributed by atoms with Crippen LogP contribution in [0.3, 0.4) is 0 Å². The largest absolute Gasteiger partial charge is 0.489 e. The van der Waals surface area contributed by atoms with Crippen LogP contribution in [0.4, 0.5) is 0 Å². The lowest BCUT2D eigenvalue weighted by molar-refractivity contribution is -0.583. The highest BCUT2D eigenvalue weighted by atomic mass is 32.2. The van der Waals surface area contributed by atoms with Crippen molar-refractivity contribution < 1.29 is 14.5 Å². The Balaban J connectivity index is 1.50. The van der Waals surface area contributed by atoms with Gasteiger partial charge in [0, 0.05) is 11.7 Å². The minimum Gasteiger partial charge on any atom is -0.489 e. The lowest BCUT2D eigenvalue weighted by atomic mass is 9.95. The summed E-state index contributed by atoms with van der Waals surface area (Å²) in [5, 5.41) is 19.3. The van der Waals surface area contributed by atoms with Crippen LogP contribution in [0.25, 0.3) is 0 Å². The predicted octanol–water partition coefficient (Wildman–Crippen LogP) is 1.25. The minimum atomic E-state index is -1.11. The summed E-state index contributed by atoms with van der Waals surface area (Å²) in [5.41, 5.74) is 6.03. The third-order valence-corrected chi connectivity index (χ3v) is 7.45. The molecule has 0 unspecified atom stereocenters. The second-order valence-corrected chi connectivity index (χ2v) is 8.74. The zero-order valence-electron chi connectivity index (χ0n) is 15.6. The van der Waals surface area contributed by atoms with Gasteiger partial charge in [-0.05, 0) is 23.3 Å². The van der Waals surface area contributed by atoms with Gasteiger partial charge in [-0.25, -0.2) is 4.99 Å². The van der Waals surface area contributed by atoms with Crippen molar-refractivity contribution in [1.29, 1.82) is 10.5 Å². The molecule has 2 aromatic rings. The van der Waals surface area contributed by atoms with E-state index < -0.39 is 15.9 Å². The topological polar surface area (TPSA) is 106 Å². The highest BCUT2D eigenvalue weighted by Crippen LogP contribution is 2.80. The summed E-state index contributed by atoms with van der Waals surface area (Å²) in [6.07, 6.45) is 0. The van der Waals surface area contributed by atoms with Crippen LogP contribution in [-0.4, -0.2) is 23.3 Å². The van der Waals surface area contributed by atoms with E-state index in [1.54, 1.807) is 0 Å². The van der Waals surface area contributed by atoms with E-state index in [-0.39, 0.29) is 5.92 Å². The molecular weight excluding hydrogens is 384 g/mol. The molecular formula is C22H19N4O2S+. The van der Waals surface area contributed by atoms with Crippen LogP contribution in [0.1, 0.15) is 17.0 Å². The highest BCUT2D eigenvalue weighted by Gasteiger charge is 2.96. The van der Waals surface area contributed by atoms with E-state index in [9.17, 15) is 10.5 Å². The SMILES string of the molecule is N#C[C@@]12[C@@H](c3cccc(OCc4ccccc4)c3)[C@]1(C#N)C(N)=[NH+][C@@]21OCCS1. The lowest BCUT2D eigenvalue weighted by Crippen LogP contribution is -2.88. The molecule has 2 aromatic carbocycles. The minimum absolute atomic E-state index is 0.316. The Labute approximate surface area is 172 Å². The molecule has 1 spiro atoms. The number of ether oxygens (including phenoxy) is 2. The molecule has 0 amide bonds. The number of nitrogens with two attached hydrogens (primary N) is 1. The van der Waals surface area contributed by atoms with E-state index >= 15 is 0 Å². The van der Waals surface area contributed by atoms with E-state index in [4.69, 9.17) is 15.2 Å². The average Bonchev–Trinajstić information content (AvgIpc) is 3.02. The second-order valence-electron chi connectivity index (χ2n) is 7.47. The van der Waals surface area contributed by atoms with Gasteiger partial charge in [-0.1, -0.05) is 54.2 Å². The summed E-state index contributed by atoms with van der Waals surface area (Å²) < 4.78 is 11.9. The van der Waals surface area contributed by atoms with Crippen molar-refractivity contribution in [2.75, 3.05) is 12.4 Å². The first-order chi connectivity index (χ1) is 14.1. The maximum atomic E-state index is 10.2. The van der Waals surface area contributed by atoms with Crippen LogP contribution in [0.2, 0.25) is 0 Å². The molecule has 1 saturated carbocycles. The second kappa shape index (κ2) is 6.25. The average molecular weight is 403 g/mol. The van der Waals surface area contributed by atoms with Crippen molar-refractivity contribution in [3.8, 4) is 17.9 Å². The number of rotatable bonds is 4. The standard InChI is InChI=1S/C22H18N4O2S/c23-13-20-18(21(20,14-24)22(26-19(20)25)28-9-10-29-22)16-7-4-8-17(11-16)27-12-15-5-2-1-3-6-15/h1-8,11,18H,9-10,12H2,(H2,25,26)/p+1/t18-,20+,21+,22+/m0/s1. The van der Waals surface area contributed by atoms with E-state index in [0.717, 1.165) is 16.9 Å². The Morgan fingerprint density at radius 1 is 1.17 bits per heavy atom. The molecule has 1 saturated heterocycles. The van der Waals surface area contributed by atoms with Gasteiger partial charge in [-0.3, -0.25) is 5.73 Å². The van der Waals surface area contributed by atoms with Crippen molar-refractivity contribution in [2.24, 2.45) is 16.6 Å². The van der Waals surface area contributed by atoms with Gasteiger partial charge in [0.05, 0.1) is 18.7 Å². The van der Waals surface area contributed by atoms with Gasteiger partial charge < -0.3 is 9.47 Å². The van der Waals surface area contributed by atoms with Gasteiger partial charge in [-0.15, -0.1) is 0 Å². The number of nitrogens with zero attached hydrogens (tertiary/aromatic N) is 2. The summed E-state index contributed by atoms with van der Waals surface area (Å²) >= 11 is 1.51. The summed E-state index contributed by atoms with van der Waals surface area (Å²) in [6, 6.07) is 22.3. The fourth-order valence-corrected chi connectivity index (χ4v) is 6.20. The third kappa shape index (κ3) is 2.17. The zero-order valence-corrected chi connectivity index (χ0v) is 16.4. The van der Waals surface area contributed by atoms with Crippen LogP contribution in [-0.2, 0) is 11.3 Å². The van der Waals surface area contributed by atoms with Crippen LogP contribution < -0.4 is 15.5 Å². The molecule has 3 aliphatic rings. The van der Waals surface area contributed by atoms with E-state index in [2.05, 4.69) is 17.1 Å². The molecule has 5 rings (SSSR count). The smallest absolute Gasteiger partial charge is 0.277 e. The van der Waals surface area contributed by atoms with Crippen molar-refractivity contribution in [2.45, 2.75) is 17.6 Å². The monoisotopic (exact) mass is 403 g/mol. The number of fused-ring (bicyclic) bond motifs is 2. The summed E-state index contributed by atoms with van der Waals surface area (Å²) in [4.78, 5) is 3.13. The number of amidine groups is 1. The Morgan fingerprint density at radius 3 is 2.69 bits per heavy atom. The normalized spacial score (nSPS) is 34.1. The number of benzene rings is 2. The molecule has 3 N–H and O–H groups in total. The molecule has 2 fully saturated rings. The van der Waals surface area contributed by atoms with Gasteiger partial charge in [0.2, 0.25) is 0 Å². The Morgan fingerprint density at radius 2 is 2.00 bits per heavy atom. The quantitative estimate of drug-likeness (QED) is 0.796. The molecule has 7 heteroatoms. The molecule has 0 bridgehead atoms. The Kier molecular flexibility index (Phi) is 3.89.